The minimum absolute atomic E-state index is 0.441. The largest absolute Gasteiger partial charge is 0.422 e. The van der Waals surface area contributed by atoms with Crippen LogP contribution >= 0.6 is 11.6 Å². The Kier molecular flexibility index (Phi) is 3.97. The number of rotatable bonds is 4. The Bertz CT molecular complexity index is 636. The van der Waals surface area contributed by atoms with Gasteiger partial charge in [0.1, 0.15) is 0 Å². The Balaban J connectivity index is 1.84. The molecule has 1 unspecified atom stereocenters. The fraction of sp³-hybridized carbons (Fsp3) is 0.467. The molecule has 2 aromatic rings. The van der Waals surface area contributed by atoms with E-state index in [0.29, 0.717) is 31.4 Å². The first-order valence-corrected chi connectivity index (χ1v) is 7.22. The first kappa shape index (κ1) is 14.5. The molecule has 0 bridgehead atoms. The van der Waals surface area contributed by atoms with E-state index in [1.165, 1.54) is 0 Å². The molecule has 0 aliphatic carbocycles. The number of aromatic nitrogens is 2. The van der Waals surface area contributed by atoms with Gasteiger partial charge in [-0.15, -0.1) is 10.2 Å². The van der Waals surface area contributed by atoms with E-state index in [2.05, 4.69) is 10.2 Å². The van der Waals surface area contributed by atoms with Gasteiger partial charge in [0.2, 0.25) is 5.89 Å². The van der Waals surface area contributed by atoms with Crippen molar-refractivity contribution < 1.29 is 13.9 Å². The van der Waals surface area contributed by atoms with E-state index in [9.17, 15) is 0 Å². The molecular weight excluding hydrogens is 292 g/mol. The molecule has 1 aromatic carbocycles. The molecule has 1 fully saturated rings. The maximum Gasteiger partial charge on any atom is 0.250 e. The first-order valence-electron chi connectivity index (χ1n) is 6.84. The Morgan fingerprint density at radius 1 is 1.38 bits per heavy atom. The predicted octanol–water partition coefficient (Wildman–Crippen LogP) is 2.88. The van der Waals surface area contributed by atoms with Gasteiger partial charge in [0.15, 0.2) is 5.60 Å². The quantitative estimate of drug-likeness (QED) is 0.869. The summed E-state index contributed by atoms with van der Waals surface area (Å²) in [5.74, 6) is 1.00. The average Bonchev–Trinajstić information content (AvgIpc) is 3.13. The number of methoxy groups -OCH3 is 1. The van der Waals surface area contributed by atoms with Crippen LogP contribution in [-0.4, -0.2) is 30.5 Å². The van der Waals surface area contributed by atoms with Crippen LogP contribution in [-0.2, 0) is 21.5 Å². The number of hydrogen-bond donors (Lipinski definition) is 0. The van der Waals surface area contributed by atoms with Gasteiger partial charge in [-0.1, -0.05) is 29.8 Å². The number of ether oxygens (including phenoxy) is 2. The van der Waals surface area contributed by atoms with Gasteiger partial charge in [-0.05, 0) is 18.1 Å². The molecule has 21 heavy (non-hydrogen) atoms. The van der Waals surface area contributed by atoms with Crippen LogP contribution in [0.2, 0.25) is 5.02 Å². The highest BCUT2D eigenvalue weighted by Gasteiger charge is 2.42. The summed E-state index contributed by atoms with van der Waals surface area (Å²) >= 11 is 6.30. The number of halogens is 1. The van der Waals surface area contributed by atoms with E-state index < -0.39 is 5.60 Å². The summed E-state index contributed by atoms with van der Waals surface area (Å²) in [5.41, 5.74) is 1.40. The molecule has 1 saturated heterocycles. The monoisotopic (exact) mass is 308 g/mol. The summed E-state index contributed by atoms with van der Waals surface area (Å²) in [4.78, 5) is 0. The van der Waals surface area contributed by atoms with Gasteiger partial charge in [-0.25, -0.2) is 0 Å². The molecule has 1 aliphatic rings. The molecule has 5 nitrogen and oxygen atoms in total. The molecule has 1 aromatic heterocycles. The maximum atomic E-state index is 6.30. The minimum atomic E-state index is -0.609. The number of benzene rings is 1. The second kappa shape index (κ2) is 5.75. The molecule has 0 amide bonds. The van der Waals surface area contributed by atoms with E-state index >= 15 is 0 Å². The summed E-state index contributed by atoms with van der Waals surface area (Å²) in [6, 6.07) is 5.90. The van der Waals surface area contributed by atoms with Crippen LogP contribution in [0.15, 0.2) is 22.6 Å². The van der Waals surface area contributed by atoms with Crippen molar-refractivity contribution in [3.05, 3.63) is 46.1 Å². The Labute approximate surface area is 128 Å². The highest BCUT2D eigenvalue weighted by Crippen LogP contribution is 2.33. The lowest BCUT2D eigenvalue weighted by atomic mass is 10.0. The second-order valence-corrected chi connectivity index (χ2v) is 5.60. The molecule has 0 spiro atoms. The topological polar surface area (TPSA) is 57.4 Å². The van der Waals surface area contributed by atoms with Gasteiger partial charge in [0.05, 0.1) is 19.6 Å². The van der Waals surface area contributed by atoms with Crippen molar-refractivity contribution in [2.24, 2.45) is 0 Å². The predicted molar refractivity (Wildman–Crippen MR) is 77.4 cm³/mol. The van der Waals surface area contributed by atoms with Gasteiger partial charge < -0.3 is 13.9 Å². The van der Waals surface area contributed by atoms with E-state index in [-0.39, 0.29) is 0 Å². The van der Waals surface area contributed by atoms with E-state index in [1.807, 2.05) is 25.1 Å². The van der Waals surface area contributed by atoms with E-state index in [1.54, 1.807) is 7.11 Å². The lowest BCUT2D eigenvalue weighted by Gasteiger charge is -2.20. The van der Waals surface area contributed by atoms with Crippen molar-refractivity contribution in [2.45, 2.75) is 25.4 Å². The van der Waals surface area contributed by atoms with Crippen LogP contribution in [0.4, 0.5) is 0 Å². The third kappa shape index (κ3) is 2.69. The zero-order valence-electron chi connectivity index (χ0n) is 12.1. The van der Waals surface area contributed by atoms with Gasteiger partial charge in [-0.3, -0.25) is 0 Å². The van der Waals surface area contributed by atoms with Gasteiger partial charge in [-0.2, -0.15) is 0 Å². The molecule has 0 saturated carbocycles. The minimum Gasteiger partial charge on any atom is -0.422 e. The molecule has 0 N–H and O–H groups in total. The molecule has 1 aliphatic heterocycles. The summed E-state index contributed by atoms with van der Waals surface area (Å²) in [7, 11) is 1.63. The van der Waals surface area contributed by atoms with Crippen molar-refractivity contribution in [1.82, 2.24) is 10.2 Å². The van der Waals surface area contributed by atoms with Gasteiger partial charge >= 0.3 is 0 Å². The molecular formula is C15H17ClN2O3. The van der Waals surface area contributed by atoms with Crippen molar-refractivity contribution >= 4 is 11.6 Å². The average molecular weight is 309 g/mol. The lowest BCUT2D eigenvalue weighted by Crippen LogP contribution is -2.29. The number of aryl methyl sites for hydroxylation is 1. The summed E-state index contributed by atoms with van der Waals surface area (Å²) in [6.45, 7) is 3.05. The maximum absolute atomic E-state index is 6.30. The molecule has 6 heteroatoms. The first-order chi connectivity index (χ1) is 10.1. The highest BCUT2D eigenvalue weighted by molar-refractivity contribution is 6.32. The molecule has 3 rings (SSSR count). The van der Waals surface area contributed by atoms with Crippen LogP contribution < -0.4 is 0 Å². The normalized spacial score (nSPS) is 21.9. The van der Waals surface area contributed by atoms with E-state index in [4.69, 9.17) is 25.5 Å². The third-order valence-electron chi connectivity index (χ3n) is 3.85. The Morgan fingerprint density at radius 2 is 2.24 bits per heavy atom. The fourth-order valence-electron chi connectivity index (χ4n) is 2.48. The molecule has 0 radical (unpaired) electrons. The molecule has 2 heterocycles. The lowest BCUT2D eigenvalue weighted by molar-refractivity contribution is -0.0416. The summed E-state index contributed by atoms with van der Waals surface area (Å²) in [5, 5.41) is 8.97. The van der Waals surface area contributed by atoms with Crippen LogP contribution in [0.3, 0.4) is 0 Å². The Hall–Kier alpha value is -1.43. The summed E-state index contributed by atoms with van der Waals surface area (Å²) < 4.78 is 16.7. The zero-order chi connectivity index (χ0) is 14.9. The van der Waals surface area contributed by atoms with Crippen LogP contribution in [0.5, 0.6) is 0 Å². The highest BCUT2D eigenvalue weighted by atomic mass is 35.5. The van der Waals surface area contributed by atoms with Crippen molar-refractivity contribution in [3.8, 4) is 0 Å². The van der Waals surface area contributed by atoms with Crippen molar-refractivity contribution in [1.29, 1.82) is 0 Å². The number of nitrogens with zero attached hydrogens (tertiary/aromatic N) is 2. The third-order valence-corrected chi connectivity index (χ3v) is 4.39. The second-order valence-electron chi connectivity index (χ2n) is 5.23. The van der Waals surface area contributed by atoms with E-state index in [0.717, 1.165) is 22.6 Å². The van der Waals surface area contributed by atoms with Gasteiger partial charge in [0, 0.05) is 18.6 Å². The van der Waals surface area contributed by atoms with Crippen LogP contribution in [0.1, 0.15) is 29.3 Å². The van der Waals surface area contributed by atoms with Gasteiger partial charge in [0.25, 0.3) is 5.89 Å². The Morgan fingerprint density at radius 3 is 2.95 bits per heavy atom. The fourth-order valence-corrected chi connectivity index (χ4v) is 2.67. The standard InChI is InChI=1S/C15H17ClN2O3/c1-10-4-3-5-11(13(10)16)8-12-17-18-14(21-12)15(19-2)6-7-20-9-15/h3-5H,6-9H2,1-2H3. The van der Waals surface area contributed by atoms with Crippen molar-refractivity contribution in [3.63, 3.8) is 0 Å². The molecule has 1 atom stereocenters. The summed E-state index contributed by atoms with van der Waals surface area (Å²) in [6.07, 6.45) is 1.23. The van der Waals surface area contributed by atoms with Crippen molar-refractivity contribution in [2.75, 3.05) is 20.3 Å². The van der Waals surface area contributed by atoms with Crippen LogP contribution in [0.25, 0.3) is 0 Å². The van der Waals surface area contributed by atoms with Crippen LogP contribution in [0, 0.1) is 6.92 Å². The smallest absolute Gasteiger partial charge is 0.250 e. The SMILES string of the molecule is COC1(c2nnc(Cc3cccc(C)c3Cl)o2)CCOC1. The number of hydrogen-bond acceptors (Lipinski definition) is 5. The molecule has 112 valence electrons. The zero-order valence-corrected chi connectivity index (χ0v) is 12.8.